The third kappa shape index (κ3) is 7.20. The van der Waals surface area contributed by atoms with Crippen molar-refractivity contribution in [1.82, 2.24) is 5.43 Å². The first kappa shape index (κ1) is 24.1. The Balaban J connectivity index is 2.09. The maximum Gasteiger partial charge on any atom is 0.343 e. The number of methoxy groups -OCH3 is 1. The Morgan fingerprint density at radius 2 is 2.00 bits per heavy atom. The van der Waals surface area contributed by atoms with Gasteiger partial charge in [-0.25, -0.2) is 10.2 Å². The lowest BCUT2D eigenvalue weighted by Crippen LogP contribution is -2.20. The first-order valence-electron chi connectivity index (χ1n) is 9.05. The largest absolute Gasteiger partial charge is 0.490 e. The Kier molecular flexibility index (Phi) is 9.18. The van der Waals surface area contributed by atoms with Crippen LogP contribution < -0.4 is 14.9 Å². The number of hydrogen-bond acceptors (Lipinski definition) is 8. The Bertz CT molecular complexity index is 995. The number of amides is 1. The van der Waals surface area contributed by atoms with Crippen LogP contribution in [-0.4, -0.2) is 43.3 Å². The summed E-state index contributed by atoms with van der Waals surface area (Å²) in [5.41, 5.74) is 3.13. The SMILES string of the molecule is CCOc1cc(/C=N/NC(=O)Cc2ccccc2[N+](=O)[O-])cc(I)c1OCC(=O)OC. The third-order valence-electron chi connectivity index (χ3n) is 3.84. The average Bonchev–Trinajstić information content (AvgIpc) is 2.73. The summed E-state index contributed by atoms with van der Waals surface area (Å²) in [6.45, 7) is 1.92. The van der Waals surface area contributed by atoms with E-state index in [0.717, 1.165) is 0 Å². The average molecular weight is 541 g/mol. The van der Waals surface area contributed by atoms with Crippen molar-refractivity contribution in [2.24, 2.45) is 5.10 Å². The molecule has 1 N–H and O–H groups in total. The topological polar surface area (TPSA) is 129 Å². The number of hydrogen-bond donors (Lipinski definition) is 1. The molecule has 0 fully saturated rings. The molecule has 0 aliphatic rings. The van der Waals surface area contributed by atoms with Crippen LogP contribution in [0, 0.1) is 13.7 Å². The van der Waals surface area contributed by atoms with E-state index in [0.29, 0.717) is 32.8 Å². The molecule has 1 amide bonds. The quantitative estimate of drug-likeness (QED) is 0.161. The van der Waals surface area contributed by atoms with Crippen LogP contribution in [0.25, 0.3) is 0 Å². The molecule has 31 heavy (non-hydrogen) atoms. The van der Waals surface area contributed by atoms with Crippen LogP contribution in [0.4, 0.5) is 5.69 Å². The molecule has 0 aliphatic carbocycles. The number of carbonyl (C=O) groups is 2. The molecule has 164 valence electrons. The van der Waals surface area contributed by atoms with Crippen LogP contribution in [0.15, 0.2) is 41.5 Å². The molecule has 0 radical (unpaired) electrons. The van der Waals surface area contributed by atoms with Gasteiger partial charge in [-0.3, -0.25) is 14.9 Å². The predicted molar refractivity (Wildman–Crippen MR) is 120 cm³/mol. The summed E-state index contributed by atoms with van der Waals surface area (Å²) in [4.78, 5) is 34.0. The molecule has 0 spiro atoms. The van der Waals surface area contributed by atoms with Gasteiger partial charge < -0.3 is 14.2 Å². The Hall–Kier alpha value is -3.22. The van der Waals surface area contributed by atoms with Gasteiger partial charge in [-0.1, -0.05) is 18.2 Å². The number of para-hydroxylation sites is 1. The van der Waals surface area contributed by atoms with E-state index in [9.17, 15) is 19.7 Å². The molecular formula is C20H20IN3O7. The van der Waals surface area contributed by atoms with Crippen molar-refractivity contribution in [1.29, 1.82) is 0 Å². The maximum absolute atomic E-state index is 12.1. The molecule has 0 heterocycles. The van der Waals surface area contributed by atoms with Crippen molar-refractivity contribution in [3.63, 3.8) is 0 Å². The molecule has 0 bridgehead atoms. The normalized spacial score (nSPS) is 10.5. The zero-order chi connectivity index (χ0) is 22.8. The summed E-state index contributed by atoms with van der Waals surface area (Å²) >= 11 is 2.03. The minimum Gasteiger partial charge on any atom is -0.490 e. The van der Waals surface area contributed by atoms with Crippen LogP contribution in [0.1, 0.15) is 18.1 Å². The highest BCUT2D eigenvalue weighted by Crippen LogP contribution is 2.34. The second-order valence-electron chi connectivity index (χ2n) is 5.98. The lowest BCUT2D eigenvalue weighted by atomic mass is 10.1. The lowest BCUT2D eigenvalue weighted by Gasteiger charge is -2.14. The highest BCUT2D eigenvalue weighted by atomic mass is 127. The van der Waals surface area contributed by atoms with Crippen molar-refractivity contribution in [3.05, 3.63) is 61.2 Å². The lowest BCUT2D eigenvalue weighted by molar-refractivity contribution is -0.385. The Morgan fingerprint density at radius 1 is 1.26 bits per heavy atom. The number of halogens is 1. The minimum atomic E-state index is -0.535. The molecule has 2 aromatic carbocycles. The van der Waals surface area contributed by atoms with Gasteiger partial charge >= 0.3 is 5.97 Å². The second kappa shape index (κ2) is 11.8. The molecule has 2 aromatic rings. The Labute approximate surface area is 191 Å². The molecule has 0 atom stereocenters. The van der Waals surface area contributed by atoms with E-state index < -0.39 is 16.8 Å². The number of benzene rings is 2. The second-order valence-corrected chi connectivity index (χ2v) is 7.15. The van der Waals surface area contributed by atoms with Gasteiger partial charge in [0.15, 0.2) is 18.1 Å². The fourth-order valence-electron chi connectivity index (χ4n) is 2.49. The molecular weight excluding hydrogens is 521 g/mol. The smallest absolute Gasteiger partial charge is 0.343 e. The van der Waals surface area contributed by atoms with Crippen LogP contribution in [0.5, 0.6) is 11.5 Å². The number of nitrogens with zero attached hydrogens (tertiary/aromatic N) is 2. The molecule has 0 saturated carbocycles. The number of nitro groups is 1. The zero-order valence-electron chi connectivity index (χ0n) is 16.8. The minimum absolute atomic E-state index is 0.125. The molecule has 0 saturated heterocycles. The number of ether oxygens (including phenoxy) is 3. The Morgan fingerprint density at radius 3 is 2.68 bits per heavy atom. The fourth-order valence-corrected chi connectivity index (χ4v) is 3.27. The third-order valence-corrected chi connectivity index (χ3v) is 4.64. The van der Waals surface area contributed by atoms with E-state index in [1.807, 2.05) is 22.6 Å². The van der Waals surface area contributed by atoms with E-state index in [1.165, 1.54) is 31.5 Å². The van der Waals surface area contributed by atoms with Gasteiger partial charge in [0.2, 0.25) is 5.91 Å². The standard InChI is InChI=1S/C20H20IN3O7/c1-3-30-17-9-13(8-15(21)20(17)31-12-19(26)29-2)11-22-23-18(25)10-14-6-4-5-7-16(14)24(27)28/h4-9,11H,3,10,12H2,1-2H3,(H,23,25)/b22-11+. The first-order chi connectivity index (χ1) is 14.8. The van der Waals surface area contributed by atoms with Crippen LogP contribution in [0.3, 0.4) is 0 Å². The summed E-state index contributed by atoms with van der Waals surface area (Å²) < 4.78 is 16.3. The van der Waals surface area contributed by atoms with Gasteiger partial charge in [0.25, 0.3) is 5.69 Å². The van der Waals surface area contributed by atoms with Gasteiger partial charge in [-0.05, 0) is 47.2 Å². The highest BCUT2D eigenvalue weighted by Gasteiger charge is 2.16. The van der Waals surface area contributed by atoms with Crippen molar-refractivity contribution in [2.45, 2.75) is 13.3 Å². The first-order valence-corrected chi connectivity index (χ1v) is 10.1. The summed E-state index contributed by atoms with van der Waals surface area (Å²) in [5.74, 6) is -0.218. The molecule has 0 unspecified atom stereocenters. The van der Waals surface area contributed by atoms with Crippen molar-refractivity contribution in [3.8, 4) is 11.5 Å². The van der Waals surface area contributed by atoms with Crippen LogP contribution in [-0.2, 0) is 20.7 Å². The van der Waals surface area contributed by atoms with Gasteiger partial charge in [0.1, 0.15) is 0 Å². The molecule has 0 aromatic heterocycles. The number of nitrogens with one attached hydrogen (secondary N) is 1. The monoisotopic (exact) mass is 541 g/mol. The number of carbonyl (C=O) groups excluding carboxylic acids is 2. The summed E-state index contributed by atoms with van der Waals surface area (Å²) in [7, 11) is 1.27. The van der Waals surface area contributed by atoms with E-state index in [-0.39, 0.29) is 18.7 Å². The van der Waals surface area contributed by atoms with Crippen LogP contribution in [0.2, 0.25) is 0 Å². The fraction of sp³-hybridized carbons (Fsp3) is 0.250. The van der Waals surface area contributed by atoms with Crippen molar-refractivity contribution < 1.29 is 28.7 Å². The van der Waals surface area contributed by atoms with E-state index in [1.54, 1.807) is 25.1 Å². The molecule has 10 nitrogen and oxygen atoms in total. The van der Waals surface area contributed by atoms with E-state index >= 15 is 0 Å². The van der Waals surface area contributed by atoms with E-state index in [4.69, 9.17) is 9.47 Å². The molecule has 11 heteroatoms. The molecule has 0 aliphatic heterocycles. The number of esters is 1. The molecule has 2 rings (SSSR count). The zero-order valence-corrected chi connectivity index (χ0v) is 19.0. The maximum atomic E-state index is 12.1. The number of hydrazone groups is 1. The van der Waals surface area contributed by atoms with E-state index in [2.05, 4.69) is 15.3 Å². The van der Waals surface area contributed by atoms with Gasteiger partial charge in [0, 0.05) is 11.6 Å². The van der Waals surface area contributed by atoms with Gasteiger partial charge in [-0.15, -0.1) is 0 Å². The summed E-state index contributed by atoms with van der Waals surface area (Å²) in [6.07, 6.45) is 1.22. The van der Waals surface area contributed by atoms with Crippen molar-refractivity contribution in [2.75, 3.05) is 20.3 Å². The van der Waals surface area contributed by atoms with Crippen LogP contribution >= 0.6 is 22.6 Å². The number of nitro benzene ring substituents is 1. The highest BCUT2D eigenvalue weighted by molar-refractivity contribution is 14.1. The van der Waals surface area contributed by atoms with Crippen molar-refractivity contribution >= 4 is 46.4 Å². The number of rotatable bonds is 10. The van der Waals surface area contributed by atoms with Gasteiger partial charge in [-0.2, -0.15) is 5.10 Å². The summed E-state index contributed by atoms with van der Waals surface area (Å²) in [5, 5.41) is 14.9. The predicted octanol–water partition coefficient (Wildman–Crippen LogP) is 2.84. The summed E-state index contributed by atoms with van der Waals surface area (Å²) in [6, 6.07) is 9.40. The van der Waals surface area contributed by atoms with Gasteiger partial charge in [0.05, 0.1) is 34.8 Å².